The molecule has 0 aliphatic heterocycles. The molecule has 0 aliphatic rings. The predicted octanol–water partition coefficient (Wildman–Crippen LogP) is 10.5. The fourth-order valence-electron chi connectivity index (χ4n) is 4.55. The second kappa shape index (κ2) is 8.62. The number of fused-ring (bicyclic) bond motifs is 2. The van der Waals surface area contributed by atoms with Crippen molar-refractivity contribution in [1.82, 2.24) is 9.97 Å². The van der Waals surface area contributed by atoms with Crippen LogP contribution < -0.4 is 0 Å². The minimum Gasteiger partial charge on any atom is -0.354 e. The molecule has 0 radical (unpaired) electrons. The monoisotopic (exact) mass is 608 g/mol. The first-order valence-corrected chi connectivity index (χ1v) is 13.0. The third-order valence-corrected chi connectivity index (χ3v) is 7.62. The first kappa shape index (κ1) is 22.0. The van der Waals surface area contributed by atoms with Crippen LogP contribution >= 0.6 is 55.1 Å². The van der Waals surface area contributed by atoms with E-state index in [0.29, 0.717) is 10.0 Å². The van der Waals surface area contributed by atoms with E-state index in [1.807, 2.05) is 24.3 Å². The van der Waals surface area contributed by atoms with Gasteiger partial charge in [-0.3, -0.25) is 0 Å². The van der Waals surface area contributed by atoms with Gasteiger partial charge >= 0.3 is 0 Å². The molecule has 6 rings (SSSR count). The van der Waals surface area contributed by atoms with Gasteiger partial charge in [-0.1, -0.05) is 97.5 Å². The number of nitrogens with one attached hydrogen (secondary N) is 2. The van der Waals surface area contributed by atoms with Gasteiger partial charge in [0.1, 0.15) is 0 Å². The Bertz CT molecular complexity index is 1680. The zero-order chi connectivity index (χ0) is 23.4. The van der Waals surface area contributed by atoms with E-state index in [2.05, 4.69) is 96.4 Å². The van der Waals surface area contributed by atoms with E-state index < -0.39 is 0 Å². The third-order valence-electron chi connectivity index (χ3n) is 6.05. The highest BCUT2D eigenvalue weighted by molar-refractivity contribution is 9.10. The summed E-state index contributed by atoms with van der Waals surface area (Å²) in [6, 6.07) is 28.8. The Balaban J connectivity index is 1.77. The number of rotatable bonds is 3. The molecule has 6 aromatic rings. The topological polar surface area (TPSA) is 31.6 Å². The molecule has 0 aliphatic carbocycles. The standard InChI is InChI=1S/C28H16Br2Cl2N2/c29-17-9-5-15(6-10-17)26-24(20-3-1-2-4-23(20)33-26)25-21-13-19(31)14-22(32)28(21)34-27(25)16-7-11-18(30)12-8-16/h1-14,33-34H. The molecular formula is C28H16Br2Cl2N2. The van der Waals surface area contributed by atoms with Gasteiger partial charge in [0.15, 0.2) is 0 Å². The molecule has 0 amide bonds. The molecular weight excluding hydrogens is 595 g/mol. The number of para-hydroxylation sites is 1. The van der Waals surface area contributed by atoms with E-state index in [9.17, 15) is 0 Å². The molecule has 0 fully saturated rings. The Labute approximate surface area is 223 Å². The summed E-state index contributed by atoms with van der Waals surface area (Å²) < 4.78 is 2.06. The van der Waals surface area contributed by atoms with Gasteiger partial charge in [0.2, 0.25) is 0 Å². The predicted molar refractivity (Wildman–Crippen MR) is 152 cm³/mol. The third kappa shape index (κ3) is 3.70. The van der Waals surface area contributed by atoms with Crippen LogP contribution in [-0.2, 0) is 0 Å². The lowest BCUT2D eigenvalue weighted by atomic mass is 9.94. The minimum absolute atomic E-state index is 0.595. The average molecular weight is 611 g/mol. The largest absolute Gasteiger partial charge is 0.354 e. The molecule has 0 saturated heterocycles. The highest BCUT2D eigenvalue weighted by Crippen LogP contribution is 2.48. The van der Waals surface area contributed by atoms with Crippen molar-refractivity contribution in [2.45, 2.75) is 0 Å². The van der Waals surface area contributed by atoms with Crippen molar-refractivity contribution >= 4 is 76.9 Å². The Hall–Kier alpha value is -2.50. The summed E-state index contributed by atoms with van der Waals surface area (Å²) in [6.07, 6.45) is 0. The van der Waals surface area contributed by atoms with Gasteiger partial charge in [-0.2, -0.15) is 0 Å². The Morgan fingerprint density at radius 1 is 0.588 bits per heavy atom. The number of benzene rings is 4. The molecule has 0 atom stereocenters. The number of aromatic amines is 2. The van der Waals surface area contributed by atoms with Crippen molar-refractivity contribution in [3.63, 3.8) is 0 Å². The van der Waals surface area contributed by atoms with Gasteiger partial charge in [0.25, 0.3) is 0 Å². The first-order valence-electron chi connectivity index (χ1n) is 10.6. The lowest BCUT2D eigenvalue weighted by Crippen LogP contribution is -1.86. The molecule has 6 heteroatoms. The number of aromatic nitrogens is 2. The molecule has 0 unspecified atom stereocenters. The molecule has 2 N–H and O–H groups in total. The van der Waals surface area contributed by atoms with Crippen molar-refractivity contribution < 1.29 is 0 Å². The summed E-state index contributed by atoms with van der Waals surface area (Å²) in [5.74, 6) is 0. The molecule has 0 bridgehead atoms. The van der Waals surface area contributed by atoms with E-state index in [-0.39, 0.29) is 0 Å². The van der Waals surface area contributed by atoms with Gasteiger partial charge in [0, 0.05) is 41.4 Å². The quantitative estimate of drug-likeness (QED) is 0.200. The SMILES string of the molecule is Clc1cc(Cl)c2[nH]c(-c3ccc(Br)cc3)c(-c3c(-c4ccc(Br)cc4)[nH]c4ccccc34)c2c1. The van der Waals surface area contributed by atoms with E-state index >= 15 is 0 Å². The Morgan fingerprint density at radius 2 is 1.15 bits per heavy atom. The Kier molecular flexibility index (Phi) is 5.57. The fourth-order valence-corrected chi connectivity index (χ4v) is 5.62. The minimum atomic E-state index is 0.595. The van der Waals surface area contributed by atoms with Crippen LogP contribution in [0.5, 0.6) is 0 Å². The van der Waals surface area contributed by atoms with E-state index in [0.717, 1.165) is 64.4 Å². The van der Waals surface area contributed by atoms with Gasteiger partial charge < -0.3 is 9.97 Å². The highest BCUT2D eigenvalue weighted by atomic mass is 79.9. The first-order chi connectivity index (χ1) is 16.5. The maximum atomic E-state index is 6.68. The van der Waals surface area contributed by atoms with Crippen molar-refractivity contribution in [3.8, 4) is 33.6 Å². The van der Waals surface area contributed by atoms with Crippen molar-refractivity contribution in [2.75, 3.05) is 0 Å². The lowest BCUT2D eigenvalue weighted by molar-refractivity contribution is 1.43. The van der Waals surface area contributed by atoms with Crippen LogP contribution in [0.2, 0.25) is 10.0 Å². The summed E-state index contributed by atoms with van der Waals surface area (Å²) in [5, 5.41) is 3.32. The van der Waals surface area contributed by atoms with Gasteiger partial charge in [0.05, 0.1) is 21.9 Å². The average Bonchev–Trinajstić information content (AvgIpc) is 3.38. The molecule has 0 saturated carbocycles. The van der Waals surface area contributed by atoms with Crippen LogP contribution in [0.3, 0.4) is 0 Å². The van der Waals surface area contributed by atoms with E-state index in [1.165, 1.54) is 0 Å². The maximum Gasteiger partial charge on any atom is 0.0662 e. The second-order valence-electron chi connectivity index (χ2n) is 8.12. The van der Waals surface area contributed by atoms with Gasteiger partial charge in [-0.15, -0.1) is 0 Å². The van der Waals surface area contributed by atoms with Crippen molar-refractivity contribution in [3.05, 3.63) is 104 Å². The molecule has 4 aromatic carbocycles. The van der Waals surface area contributed by atoms with Crippen LogP contribution in [-0.4, -0.2) is 9.97 Å². The summed E-state index contributed by atoms with van der Waals surface area (Å²) in [6.45, 7) is 0. The summed E-state index contributed by atoms with van der Waals surface area (Å²) >= 11 is 20.3. The molecule has 2 aromatic heterocycles. The van der Waals surface area contributed by atoms with Crippen LogP contribution in [0.4, 0.5) is 0 Å². The second-order valence-corrected chi connectivity index (χ2v) is 10.8. The normalized spacial score (nSPS) is 11.5. The highest BCUT2D eigenvalue weighted by Gasteiger charge is 2.24. The molecule has 34 heavy (non-hydrogen) atoms. The zero-order valence-corrected chi connectivity index (χ0v) is 22.3. The molecule has 166 valence electrons. The summed E-state index contributed by atoms with van der Waals surface area (Å²) in [4.78, 5) is 7.28. The number of halogens is 4. The van der Waals surface area contributed by atoms with Crippen LogP contribution in [0.15, 0.2) is 93.9 Å². The van der Waals surface area contributed by atoms with E-state index in [4.69, 9.17) is 23.2 Å². The van der Waals surface area contributed by atoms with E-state index in [1.54, 1.807) is 6.07 Å². The maximum absolute atomic E-state index is 6.68. The fraction of sp³-hybridized carbons (Fsp3) is 0. The summed E-state index contributed by atoms with van der Waals surface area (Å²) in [7, 11) is 0. The molecule has 2 heterocycles. The number of hydrogen-bond acceptors (Lipinski definition) is 0. The molecule has 2 nitrogen and oxygen atoms in total. The lowest BCUT2D eigenvalue weighted by Gasteiger charge is -2.10. The smallest absolute Gasteiger partial charge is 0.0662 e. The van der Waals surface area contributed by atoms with Gasteiger partial charge in [-0.05, 0) is 53.6 Å². The molecule has 0 spiro atoms. The summed E-state index contributed by atoms with van der Waals surface area (Å²) in [5.41, 5.74) is 8.31. The number of hydrogen-bond donors (Lipinski definition) is 2. The van der Waals surface area contributed by atoms with Crippen molar-refractivity contribution in [1.29, 1.82) is 0 Å². The Morgan fingerprint density at radius 3 is 1.79 bits per heavy atom. The van der Waals surface area contributed by atoms with Crippen LogP contribution in [0, 0.1) is 0 Å². The van der Waals surface area contributed by atoms with Crippen molar-refractivity contribution in [2.24, 2.45) is 0 Å². The van der Waals surface area contributed by atoms with Crippen LogP contribution in [0.1, 0.15) is 0 Å². The number of H-pyrrole nitrogens is 2. The van der Waals surface area contributed by atoms with Crippen LogP contribution in [0.25, 0.3) is 55.4 Å². The van der Waals surface area contributed by atoms with Gasteiger partial charge in [-0.25, -0.2) is 0 Å². The zero-order valence-electron chi connectivity index (χ0n) is 17.6.